The molecule has 3 heteroatoms. The average Bonchev–Trinajstić information content (AvgIpc) is 2.85. The summed E-state index contributed by atoms with van der Waals surface area (Å²) in [5.41, 5.74) is 6.58. The number of hydrogen-bond donors (Lipinski definition) is 2. The van der Waals surface area contributed by atoms with Gasteiger partial charge < -0.3 is 15.6 Å². The second kappa shape index (κ2) is 3.19. The Morgan fingerprint density at radius 3 is 2.67 bits per heavy atom. The predicted molar refractivity (Wildman–Crippen MR) is 57.3 cm³/mol. The Morgan fingerprint density at radius 2 is 2.13 bits per heavy atom. The summed E-state index contributed by atoms with van der Waals surface area (Å²) in [6.45, 7) is 0. The van der Waals surface area contributed by atoms with Crippen molar-refractivity contribution < 1.29 is 9.84 Å². The van der Waals surface area contributed by atoms with Crippen molar-refractivity contribution in [2.45, 2.75) is 50.4 Å². The number of ether oxygens (including phenoxy) is 1. The summed E-state index contributed by atoms with van der Waals surface area (Å²) in [6, 6.07) is 0.311. The van der Waals surface area contributed by atoms with Crippen molar-refractivity contribution in [2.75, 3.05) is 7.11 Å². The Bertz CT molecular complexity index is 266. The summed E-state index contributed by atoms with van der Waals surface area (Å²) < 4.78 is 5.36. The van der Waals surface area contributed by atoms with Crippen molar-refractivity contribution in [3.8, 4) is 0 Å². The van der Waals surface area contributed by atoms with Crippen LogP contribution in [0.3, 0.4) is 0 Å². The average molecular weight is 211 g/mol. The highest BCUT2D eigenvalue weighted by molar-refractivity contribution is 5.13. The first-order chi connectivity index (χ1) is 7.17. The summed E-state index contributed by atoms with van der Waals surface area (Å²) in [7, 11) is 1.70. The van der Waals surface area contributed by atoms with Gasteiger partial charge in [-0.2, -0.15) is 0 Å². The minimum atomic E-state index is -0.291. The van der Waals surface area contributed by atoms with Crippen molar-refractivity contribution in [1.29, 1.82) is 0 Å². The van der Waals surface area contributed by atoms with Crippen LogP contribution in [-0.4, -0.2) is 30.5 Å². The van der Waals surface area contributed by atoms with Gasteiger partial charge in [-0.15, -0.1) is 0 Å². The van der Waals surface area contributed by atoms with Crippen molar-refractivity contribution in [3.05, 3.63) is 0 Å². The molecule has 0 saturated heterocycles. The van der Waals surface area contributed by atoms with Crippen molar-refractivity contribution >= 4 is 0 Å². The van der Waals surface area contributed by atoms with E-state index < -0.39 is 0 Å². The number of methoxy groups -OCH3 is 1. The lowest BCUT2D eigenvalue weighted by molar-refractivity contribution is 0.00927. The second-order valence-corrected chi connectivity index (χ2v) is 5.78. The van der Waals surface area contributed by atoms with Gasteiger partial charge in [-0.1, -0.05) is 0 Å². The molecule has 1 spiro atoms. The molecule has 15 heavy (non-hydrogen) atoms. The summed E-state index contributed by atoms with van der Waals surface area (Å²) in [6.07, 6.45) is 5.50. The molecule has 0 amide bonds. The Labute approximate surface area is 91.0 Å². The molecule has 86 valence electrons. The lowest BCUT2D eigenvalue weighted by Gasteiger charge is -2.39. The number of nitrogens with two attached hydrogens (primary N) is 1. The molecule has 0 radical (unpaired) electrons. The van der Waals surface area contributed by atoms with E-state index in [1.54, 1.807) is 7.11 Å². The molecule has 2 bridgehead atoms. The van der Waals surface area contributed by atoms with Gasteiger partial charge in [0.25, 0.3) is 0 Å². The van der Waals surface area contributed by atoms with Crippen LogP contribution in [0.15, 0.2) is 0 Å². The van der Waals surface area contributed by atoms with Crippen molar-refractivity contribution in [3.63, 3.8) is 0 Å². The smallest absolute Gasteiger partial charge is 0.0836 e. The van der Waals surface area contributed by atoms with Crippen molar-refractivity contribution in [2.24, 2.45) is 23.0 Å². The van der Waals surface area contributed by atoms with Crippen LogP contribution in [0.5, 0.6) is 0 Å². The van der Waals surface area contributed by atoms with Gasteiger partial charge in [0.2, 0.25) is 0 Å². The van der Waals surface area contributed by atoms with Gasteiger partial charge in [0, 0.05) is 13.2 Å². The van der Waals surface area contributed by atoms with Gasteiger partial charge in [0.1, 0.15) is 0 Å². The van der Waals surface area contributed by atoms with Crippen molar-refractivity contribution in [1.82, 2.24) is 0 Å². The maximum absolute atomic E-state index is 9.98. The van der Waals surface area contributed by atoms with Gasteiger partial charge in [-0.25, -0.2) is 0 Å². The van der Waals surface area contributed by atoms with Crippen LogP contribution >= 0.6 is 0 Å². The monoisotopic (exact) mass is 211 g/mol. The van der Waals surface area contributed by atoms with E-state index in [4.69, 9.17) is 10.5 Å². The SMILES string of the molecule is CO[C@H]1C[C@@]2(C[C@@H]1O)[C@@H]1CC[C@@H](C1)[C@H]2N. The standard InChI is InChI=1S/C12H21NO2/c1-15-10-6-12(5-9(10)14)8-3-2-7(4-8)11(12)13/h7-11,14H,2-6,13H2,1H3/t7-,8+,9-,10-,11+,12-/m0/s1. The van der Waals surface area contributed by atoms with Gasteiger partial charge in [-0.3, -0.25) is 0 Å². The zero-order valence-electron chi connectivity index (χ0n) is 9.36. The molecule has 0 aliphatic heterocycles. The van der Waals surface area contributed by atoms with Crippen LogP contribution in [0, 0.1) is 17.3 Å². The molecule has 0 aromatic heterocycles. The Morgan fingerprint density at radius 1 is 1.33 bits per heavy atom. The molecule has 3 aliphatic rings. The number of rotatable bonds is 1. The zero-order chi connectivity index (χ0) is 10.6. The van der Waals surface area contributed by atoms with Gasteiger partial charge in [0.05, 0.1) is 12.2 Å². The fraction of sp³-hybridized carbons (Fsp3) is 1.00. The first-order valence-electron chi connectivity index (χ1n) is 6.14. The fourth-order valence-corrected chi connectivity index (χ4v) is 4.57. The largest absolute Gasteiger partial charge is 0.390 e. The van der Waals surface area contributed by atoms with Crippen LogP contribution in [-0.2, 0) is 4.74 Å². The molecule has 3 nitrogen and oxygen atoms in total. The molecule has 3 rings (SSSR count). The zero-order valence-corrected chi connectivity index (χ0v) is 9.36. The molecule has 0 heterocycles. The summed E-state index contributed by atoms with van der Waals surface area (Å²) in [5, 5.41) is 9.98. The molecular weight excluding hydrogens is 190 g/mol. The third-order valence-electron chi connectivity index (χ3n) is 5.36. The minimum Gasteiger partial charge on any atom is -0.390 e. The first-order valence-corrected chi connectivity index (χ1v) is 6.14. The van der Waals surface area contributed by atoms with Crippen LogP contribution in [0.1, 0.15) is 32.1 Å². The van der Waals surface area contributed by atoms with E-state index in [0.29, 0.717) is 6.04 Å². The van der Waals surface area contributed by atoms with E-state index in [-0.39, 0.29) is 17.6 Å². The Kier molecular flexibility index (Phi) is 2.14. The van der Waals surface area contributed by atoms with E-state index in [1.165, 1.54) is 19.3 Å². The minimum absolute atomic E-state index is 0.0235. The van der Waals surface area contributed by atoms with E-state index in [1.807, 2.05) is 0 Å². The summed E-state index contributed by atoms with van der Waals surface area (Å²) in [5.74, 6) is 1.48. The molecule has 6 atom stereocenters. The van der Waals surface area contributed by atoms with Crippen LogP contribution in [0.25, 0.3) is 0 Å². The summed E-state index contributed by atoms with van der Waals surface area (Å²) in [4.78, 5) is 0. The third kappa shape index (κ3) is 1.17. The van der Waals surface area contributed by atoms with Crippen LogP contribution in [0.2, 0.25) is 0 Å². The van der Waals surface area contributed by atoms with E-state index in [2.05, 4.69) is 0 Å². The number of hydrogen-bond acceptors (Lipinski definition) is 3. The number of fused-ring (bicyclic) bond motifs is 3. The van der Waals surface area contributed by atoms with E-state index in [9.17, 15) is 5.11 Å². The topological polar surface area (TPSA) is 55.5 Å². The molecule has 3 N–H and O–H groups in total. The molecule has 0 aromatic rings. The van der Waals surface area contributed by atoms with Gasteiger partial charge >= 0.3 is 0 Å². The highest BCUT2D eigenvalue weighted by Gasteiger charge is 2.61. The second-order valence-electron chi connectivity index (χ2n) is 5.78. The van der Waals surface area contributed by atoms with E-state index >= 15 is 0 Å². The van der Waals surface area contributed by atoms with E-state index in [0.717, 1.165) is 24.7 Å². The normalized spacial score (nSPS) is 58.2. The summed E-state index contributed by atoms with van der Waals surface area (Å²) >= 11 is 0. The Balaban J connectivity index is 1.86. The maximum atomic E-state index is 9.98. The first kappa shape index (κ1) is 10.1. The van der Waals surface area contributed by atoms with Gasteiger partial charge in [0.15, 0.2) is 0 Å². The highest BCUT2D eigenvalue weighted by atomic mass is 16.5. The molecule has 0 aromatic carbocycles. The fourth-order valence-electron chi connectivity index (χ4n) is 4.57. The highest BCUT2D eigenvalue weighted by Crippen LogP contribution is 2.62. The number of aliphatic hydroxyl groups excluding tert-OH is 1. The predicted octanol–water partition coefficient (Wildman–Crippen LogP) is 0.900. The Hall–Kier alpha value is -0.120. The maximum Gasteiger partial charge on any atom is 0.0836 e. The molecule has 3 aliphatic carbocycles. The lowest BCUT2D eigenvalue weighted by atomic mass is 9.69. The molecule has 0 unspecified atom stereocenters. The molecule has 3 fully saturated rings. The lowest BCUT2D eigenvalue weighted by Crippen LogP contribution is -2.45. The van der Waals surface area contributed by atoms with Crippen LogP contribution < -0.4 is 5.73 Å². The third-order valence-corrected chi connectivity index (χ3v) is 5.36. The van der Waals surface area contributed by atoms with Gasteiger partial charge in [-0.05, 0) is 49.4 Å². The molecule has 3 saturated carbocycles. The quantitative estimate of drug-likeness (QED) is 0.677. The van der Waals surface area contributed by atoms with Crippen LogP contribution in [0.4, 0.5) is 0 Å². The number of aliphatic hydroxyl groups is 1. The molecular formula is C12H21NO2.